The normalized spacial score (nSPS) is 13.1. The van der Waals surface area contributed by atoms with Gasteiger partial charge >= 0.3 is 0 Å². The van der Waals surface area contributed by atoms with Crippen LogP contribution in [0.4, 0.5) is 0 Å². The molecule has 0 aromatic heterocycles. The standard InChI is InChI=1S/C18H26N2O/c1-13(2)12-20(3)16(11-19)18-15-8-6-5-7-14(15)9-10-17(18)21-4/h5-10,13,16H,11-12,19H2,1-4H3. The monoisotopic (exact) mass is 286 g/mol. The van der Waals surface area contributed by atoms with Crippen molar-refractivity contribution in [3.05, 3.63) is 42.0 Å². The molecule has 3 heteroatoms. The fourth-order valence-corrected chi connectivity index (χ4v) is 3.02. The average Bonchev–Trinajstić information content (AvgIpc) is 2.47. The van der Waals surface area contributed by atoms with Crippen molar-refractivity contribution in [2.24, 2.45) is 11.7 Å². The quantitative estimate of drug-likeness (QED) is 0.884. The van der Waals surface area contributed by atoms with E-state index in [2.05, 4.69) is 56.1 Å². The lowest BCUT2D eigenvalue weighted by atomic mass is 9.96. The number of hydrogen-bond acceptors (Lipinski definition) is 3. The molecule has 0 aliphatic rings. The van der Waals surface area contributed by atoms with Gasteiger partial charge in [0.1, 0.15) is 5.75 Å². The van der Waals surface area contributed by atoms with Gasteiger partial charge in [0, 0.05) is 18.7 Å². The van der Waals surface area contributed by atoms with E-state index < -0.39 is 0 Å². The minimum absolute atomic E-state index is 0.161. The molecule has 21 heavy (non-hydrogen) atoms. The number of nitrogens with two attached hydrogens (primary N) is 1. The summed E-state index contributed by atoms with van der Waals surface area (Å²) >= 11 is 0. The zero-order valence-electron chi connectivity index (χ0n) is 13.5. The second-order valence-corrected chi connectivity index (χ2v) is 5.99. The third kappa shape index (κ3) is 3.36. The highest BCUT2D eigenvalue weighted by molar-refractivity contribution is 5.88. The molecule has 0 saturated carbocycles. The number of hydrogen-bond donors (Lipinski definition) is 1. The van der Waals surface area contributed by atoms with Crippen LogP contribution in [0.3, 0.4) is 0 Å². The molecular weight excluding hydrogens is 260 g/mol. The van der Waals surface area contributed by atoms with Gasteiger partial charge in [-0.15, -0.1) is 0 Å². The van der Waals surface area contributed by atoms with Crippen molar-refractivity contribution in [2.75, 3.05) is 27.2 Å². The fourth-order valence-electron chi connectivity index (χ4n) is 3.02. The first-order valence-electron chi connectivity index (χ1n) is 7.54. The molecule has 0 bridgehead atoms. The molecule has 2 N–H and O–H groups in total. The summed E-state index contributed by atoms with van der Waals surface area (Å²) in [5.74, 6) is 1.52. The van der Waals surface area contributed by atoms with Crippen LogP contribution < -0.4 is 10.5 Å². The van der Waals surface area contributed by atoms with Crippen LogP contribution in [0.15, 0.2) is 36.4 Å². The van der Waals surface area contributed by atoms with E-state index in [4.69, 9.17) is 10.5 Å². The lowest BCUT2D eigenvalue weighted by molar-refractivity contribution is 0.220. The Labute approximate surface area is 127 Å². The summed E-state index contributed by atoms with van der Waals surface area (Å²) in [6.07, 6.45) is 0. The van der Waals surface area contributed by atoms with E-state index in [-0.39, 0.29) is 6.04 Å². The van der Waals surface area contributed by atoms with Crippen LogP contribution in [0.2, 0.25) is 0 Å². The molecular formula is C18H26N2O. The SMILES string of the molecule is COc1ccc2ccccc2c1C(CN)N(C)CC(C)C. The third-order valence-corrected chi connectivity index (χ3v) is 3.89. The summed E-state index contributed by atoms with van der Waals surface area (Å²) < 4.78 is 5.61. The number of rotatable bonds is 6. The summed E-state index contributed by atoms with van der Waals surface area (Å²) in [4.78, 5) is 2.33. The second kappa shape index (κ2) is 6.92. The number of benzene rings is 2. The number of nitrogens with zero attached hydrogens (tertiary/aromatic N) is 1. The maximum absolute atomic E-state index is 6.10. The van der Waals surface area contributed by atoms with Crippen LogP contribution in [0.1, 0.15) is 25.5 Å². The number of likely N-dealkylation sites (N-methyl/N-ethyl adjacent to an activating group) is 1. The predicted octanol–water partition coefficient (Wildman–Crippen LogP) is 3.44. The van der Waals surface area contributed by atoms with E-state index >= 15 is 0 Å². The van der Waals surface area contributed by atoms with Crippen LogP contribution in [0.25, 0.3) is 10.8 Å². The summed E-state index contributed by atoms with van der Waals surface area (Å²) in [6.45, 7) is 6.04. The smallest absolute Gasteiger partial charge is 0.124 e. The summed E-state index contributed by atoms with van der Waals surface area (Å²) in [7, 11) is 3.86. The lowest BCUT2D eigenvalue weighted by Gasteiger charge is -2.30. The number of ether oxygens (including phenoxy) is 1. The first kappa shape index (κ1) is 15.8. The highest BCUT2D eigenvalue weighted by atomic mass is 16.5. The molecule has 2 aromatic carbocycles. The molecule has 0 heterocycles. The summed E-state index contributed by atoms with van der Waals surface area (Å²) in [6, 6.07) is 12.7. The van der Waals surface area contributed by atoms with E-state index in [1.165, 1.54) is 16.3 Å². The largest absolute Gasteiger partial charge is 0.496 e. The Bertz CT molecular complexity index is 595. The molecule has 2 rings (SSSR count). The Kier molecular flexibility index (Phi) is 5.21. The van der Waals surface area contributed by atoms with Gasteiger partial charge in [0.25, 0.3) is 0 Å². The minimum atomic E-state index is 0.161. The van der Waals surface area contributed by atoms with Crippen LogP contribution in [0, 0.1) is 5.92 Å². The van der Waals surface area contributed by atoms with Gasteiger partial charge in [-0.3, -0.25) is 4.90 Å². The van der Waals surface area contributed by atoms with E-state index in [9.17, 15) is 0 Å². The van der Waals surface area contributed by atoms with Gasteiger partial charge in [0.05, 0.1) is 13.2 Å². The van der Waals surface area contributed by atoms with Gasteiger partial charge in [-0.1, -0.05) is 44.2 Å². The Morgan fingerprint density at radius 3 is 2.48 bits per heavy atom. The van der Waals surface area contributed by atoms with Crippen LogP contribution in [0.5, 0.6) is 5.75 Å². The molecule has 0 saturated heterocycles. The van der Waals surface area contributed by atoms with E-state index in [1.54, 1.807) is 7.11 Å². The van der Waals surface area contributed by atoms with Crippen molar-refractivity contribution in [3.63, 3.8) is 0 Å². The van der Waals surface area contributed by atoms with Crippen molar-refractivity contribution in [2.45, 2.75) is 19.9 Å². The third-order valence-electron chi connectivity index (χ3n) is 3.89. The van der Waals surface area contributed by atoms with Crippen LogP contribution >= 0.6 is 0 Å². The fraction of sp³-hybridized carbons (Fsp3) is 0.444. The van der Waals surface area contributed by atoms with Crippen LogP contribution in [-0.2, 0) is 0 Å². The molecule has 0 spiro atoms. The number of fused-ring (bicyclic) bond motifs is 1. The molecule has 1 atom stereocenters. The van der Waals surface area contributed by atoms with E-state index in [0.29, 0.717) is 12.5 Å². The first-order valence-corrected chi connectivity index (χ1v) is 7.54. The maximum atomic E-state index is 6.10. The number of methoxy groups -OCH3 is 1. The molecule has 0 amide bonds. The van der Waals surface area contributed by atoms with E-state index in [1.807, 2.05) is 6.07 Å². The van der Waals surface area contributed by atoms with Crippen molar-refractivity contribution < 1.29 is 4.74 Å². The van der Waals surface area contributed by atoms with Crippen molar-refractivity contribution in [1.82, 2.24) is 4.90 Å². The Morgan fingerprint density at radius 2 is 1.86 bits per heavy atom. The molecule has 0 aliphatic heterocycles. The highest BCUT2D eigenvalue weighted by Crippen LogP contribution is 2.35. The lowest BCUT2D eigenvalue weighted by Crippen LogP contribution is -2.33. The summed E-state index contributed by atoms with van der Waals surface area (Å²) in [5.41, 5.74) is 7.29. The zero-order chi connectivity index (χ0) is 15.4. The van der Waals surface area contributed by atoms with Gasteiger partial charge in [-0.25, -0.2) is 0 Å². The van der Waals surface area contributed by atoms with E-state index in [0.717, 1.165) is 12.3 Å². The van der Waals surface area contributed by atoms with Crippen molar-refractivity contribution in [1.29, 1.82) is 0 Å². The molecule has 2 aromatic rings. The topological polar surface area (TPSA) is 38.5 Å². The average molecular weight is 286 g/mol. The van der Waals surface area contributed by atoms with Crippen molar-refractivity contribution >= 4 is 10.8 Å². The second-order valence-electron chi connectivity index (χ2n) is 5.99. The molecule has 114 valence electrons. The molecule has 0 aliphatic carbocycles. The minimum Gasteiger partial charge on any atom is -0.496 e. The Morgan fingerprint density at radius 1 is 1.14 bits per heavy atom. The Balaban J connectivity index is 2.55. The van der Waals surface area contributed by atoms with Gasteiger partial charge < -0.3 is 10.5 Å². The maximum Gasteiger partial charge on any atom is 0.124 e. The van der Waals surface area contributed by atoms with Crippen molar-refractivity contribution in [3.8, 4) is 5.75 Å². The van der Waals surface area contributed by atoms with Gasteiger partial charge in [0.15, 0.2) is 0 Å². The Hall–Kier alpha value is -1.58. The van der Waals surface area contributed by atoms with Gasteiger partial charge in [-0.2, -0.15) is 0 Å². The highest BCUT2D eigenvalue weighted by Gasteiger charge is 2.22. The van der Waals surface area contributed by atoms with Crippen LogP contribution in [-0.4, -0.2) is 32.1 Å². The molecule has 1 unspecified atom stereocenters. The molecule has 0 radical (unpaired) electrons. The molecule has 3 nitrogen and oxygen atoms in total. The zero-order valence-corrected chi connectivity index (χ0v) is 13.5. The first-order chi connectivity index (χ1) is 10.1. The van der Waals surface area contributed by atoms with Gasteiger partial charge in [-0.05, 0) is 29.8 Å². The molecule has 0 fully saturated rings. The van der Waals surface area contributed by atoms with Gasteiger partial charge in [0.2, 0.25) is 0 Å². The predicted molar refractivity (Wildman–Crippen MR) is 89.8 cm³/mol. The summed E-state index contributed by atoms with van der Waals surface area (Å²) in [5, 5.41) is 2.45.